The van der Waals surface area contributed by atoms with E-state index in [0.29, 0.717) is 15.6 Å². The predicted molar refractivity (Wildman–Crippen MR) is 100 cm³/mol. The van der Waals surface area contributed by atoms with Crippen LogP contribution in [0.2, 0.25) is 10.0 Å². The number of carbonyl (C=O) groups is 1. The van der Waals surface area contributed by atoms with Gasteiger partial charge in [0.2, 0.25) is 0 Å². The molecule has 2 rings (SSSR count). The van der Waals surface area contributed by atoms with E-state index in [4.69, 9.17) is 27.9 Å². The first-order chi connectivity index (χ1) is 10.7. The maximum absolute atomic E-state index is 12.5. The highest BCUT2D eigenvalue weighted by Gasteiger charge is 2.17. The number of rotatable bonds is 4. The first kappa shape index (κ1) is 18.3. The Morgan fingerprint density at radius 3 is 2.22 bits per heavy atom. The van der Waals surface area contributed by atoms with Gasteiger partial charge in [-0.1, -0.05) is 35.3 Å². The molecule has 0 saturated carbocycles. The molecule has 2 nitrogen and oxygen atoms in total. The van der Waals surface area contributed by atoms with Crippen molar-refractivity contribution in [3.63, 3.8) is 0 Å². The van der Waals surface area contributed by atoms with Crippen LogP contribution in [0.4, 0.5) is 0 Å². The molecule has 0 fully saturated rings. The van der Waals surface area contributed by atoms with Crippen LogP contribution in [0.15, 0.2) is 36.4 Å². The fourth-order valence-electron chi connectivity index (χ4n) is 2.09. The summed E-state index contributed by atoms with van der Waals surface area (Å²) in [6, 6.07) is 10.9. The molecule has 0 aliphatic heterocycles. The van der Waals surface area contributed by atoms with E-state index in [-0.39, 0.29) is 19.7 Å². The van der Waals surface area contributed by atoms with Crippen LogP contribution in [0.25, 0.3) is 0 Å². The van der Waals surface area contributed by atoms with Gasteiger partial charge in [0.15, 0.2) is 5.52 Å². The maximum atomic E-state index is 12.5. The van der Waals surface area contributed by atoms with Crippen LogP contribution in [-0.4, -0.2) is 11.1 Å². The van der Waals surface area contributed by atoms with E-state index in [1.165, 1.54) is 0 Å². The molecule has 0 bridgehead atoms. The summed E-state index contributed by atoms with van der Waals surface area (Å²) in [5.74, 6) is 0.798. The van der Waals surface area contributed by atoms with Crippen molar-refractivity contribution in [1.29, 1.82) is 0 Å². The Morgan fingerprint density at radius 1 is 1.09 bits per heavy atom. The molecule has 0 spiro atoms. The zero-order valence-corrected chi connectivity index (χ0v) is 16.0. The van der Waals surface area contributed by atoms with Crippen LogP contribution in [0.1, 0.15) is 36.7 Å². The highest BCUT2D eigenvalue weighted by atomic mass is 35.5. The van der Waals surface area contributed by atoms with Crippen molar-refractivity contribution < 1.29 is 9.53 Å². The van der Waals surface area contributed by atoms with Crippen LogP contribution in [0, 0.1) is 6.92 Å². The Bertz CT molecular complexity index is 716. The topological polar surface area (TPSA) is 26.3 Å². The first-order valence-electron chi connectivity index (χ1n) is 7.22. The number of halogens is 2. The maximum Gasteiger partial charge on any atom is 0.188 e. The second kappa shape index (κ2) is 7.21. The van der Waals surface area contributed by atoms with Crippen molar-refractivity contribution >= 4 is 42.6 Å². The van der Waals surface area contributed by atoms with Crippen molar-refractivity contribution in [2.45, 2.75) is 33.3 Å². The second-order valence-corrected chi connectivity index (χ2v) is 8.30. The van der Waals surface area contributed by atoms with E-state index in [9.17, 15) is 4.79 Å². The minimum absolute atomic E-state index is 0.0316. The summed E-state index contributed by atoms with van der Waals surface area (Å²) in [6.07, 6.45) is 0. The SMILES string of the molecule is Cc1cc(OC(C)(C)C)ccc1PC(=O)c1c(Cl)cccc1Cl. The average molecular weight is 369 g/mol. The third-order valence-electron chi connectivity index (χ3n) is 3.06. The summed E-state index contributed by atoms with van der Waals surface area (Å²) in [6.45, 7) is 7.97. The fraction of sp³-hybridized carbons (Fsp3) is 0.278. The van der Waals surface area contributed by atoms with Crippen LogP contribution < -0.4 is 10.0 Å². The van der Waals surface area contributed by atoms with E-state index in [2.05, 4.69) is 0 Å². The van der Waals surface area contributed by atoms with Gasteiger partial charge in [-0.3, -0.25) is 4.79 Å². The molecule has 0 N–H and O–H groups in total. The molecule has 0 aliphatic rings. The van der Waals surface area contributed by atoms with Crippen molar-refractivity contribution in [2.75, 3.05) is 0 Å². The lowest BCUT2D eigenvalue weighted by molar-refractivity contribution is 0.108. The molecule has 1 atom stereocenters. The van der Waals surface area contributed by atoms with Gasteiger partial charge in [0.1, 0.15) is 11.4 Å². The number of aryl methyl sites for hydroxylation is 1. The number of carbonyl (C=O) groups excluding carboxylic acids is 1. The molecule has 0 aromatic heterocycles. The normalized spacial score (nSPS) is 11.9. The third kappa shape index (κ3) is 4.94. The van der Waals surface area contributed by atoms with Gasteiger partial charge < -0.3 is 4.74 Å². The molecule has 2 aromatic rings. The van der Waals surface area contributed by atoms with E-state index < -0.39 is 0 Å². The molecule has 0 amide bonds. The Morgan fingerprint density at radius 2 is 1.70 bits per heavy atom. The number of ether oxygens (including phenoxy) is 1. The van der Waals surface area contributed by atoms with Gasteiger partial charge >= 0.3 is 0 Å². The van der Waals surface area contributed by atoms with Gasteiger partial charge in [-0.2, -0.15) is 0 Å². The molecule has 23 heavy (non-hydrogen) atoms. The second-order valence-electron chi connectivity index (χ2n) is 6.24. The van der Waals surface area contributed by atoms with E-state index in [1.807, 2.05) is 45.9 Å². The number of hydrogen-bond acceptors (Lipinski definition) is 2. The first-order valence-corrected chi connectivity index (χ1v) is 8.98. The standard InChI is InChI=1S/C18H19Cl2O2P/c1-11-10-12(22-18(2,3)4)8-9-15(11)23-17(21)16-13(19)6-5-7-14(16)20/h5-10,23H,1-4H3. The van der Waals surface area contributed by atoms with Crippen LogP contribution >= 0.6 is 31.8 Å². The van der Waals surface area contributed by atoms with Crippen LogP contribution in [0.5, 0.6) is 5.75 Å². The molecule has 0 saturated heterocycles. The zero-order valence-electron chi connectivity index (χ0n) is 13.5. The van der Waals surface area contributed by atoms with E-state index in [1.54, 1.807) is 18.2 Å². The number of benzene rings is 2. The molecule has 2 aromatic carbocycles. The molecule has 0 radical (unpaired) electrons. The lowest BCUT2D eigenvalue weighted by atomic mass is 10.2. The highest BCUT2D eigenvalue weighted by molar-refractivity contribution is 7.66. The quantitative estimate of drug-likeness (QED) is 0.654. The van der Waals surface area contributed by atoms with Gasteiger partial charge in [-0.25, -0.2) is 0 Å². The smallest absolute Gasteiger partial charge is 0.188 e. The summed E-state index contributed by atoms with van der Waals surface area (Å²) < 4.78 is 5.84. The molecular formula is C18H19Cl2O2P. The van der Waals surface area contributed by atoms with Crippen molar-refractivity contribution in [3.05, 3.63) is 57.6 Å². The van der Waals surface area contributed by atoms with Crippen LogP contribution in [0.3, 0.4) is 0 Å². The van der Waals surface area contributed by atoms with E-state index in [0.717, 1.165) is 16.6 Å². The van der Waals surface area contributed by atoms with E-state index >= 15 is 0 Å². The predicted octanol–water partition coefficient (Wildman–Crippen LogP) is 5.62. The summed E-state index contributed by atoms with van der Waals surface area (Å²) >= 11 is 12.2. The third-order valence-corrected chi connectivity index (χ3v) is 5.00. The molecule has 122 valence electrons. The van der Waals surface area contributed by atoms with Gasteiger partial charge in [0.25, 0.3) is 0 Å². The van der Waals surface area contributed by atoms with Crippen molar-refractivity contribution in [1.82, 2.24) is 0 Å². The summed E-state index contributed by atoms with van der Waals surface area (Å²) in [4.78, 5) is 12.5. The Hall–Kier alpha value is -1.08. The Kier molecular flexibility index (Phi) is 5.73. The summed E-state index contributed by atoms with van der Waals surface area (Å²) in [5.41, 5.74) is 1.09. The lowest BCUT2D eigenvalue weighted by Gasteiger charge is -2.22. The Labute approximate surface area is 148 Å². The van der Waals surface area contributed by atoms with Gasteiger partial charge in [0, 0.05) is 0 Å². The minimum atomic E-state index is -0.253. The molecule has 1 unspecified atom stereocenters. The summed E-state index contributed by atoms with van der Waals surface area (Å²) in [5, 5.41) is 1.74. The van der Waals surface area contributed by atoms with Crippen molar-refractivity contribution in [2.24, 2.45) is 0 Å². The zero-order chi connectivity index (χ0) is 17.2. The van der Waals surface area contributed by atoms with Gasteiger partial charge in [-0.05, 0) is 71.4 Å². The number of hydrogen-bond donors (Lipinski definition) is 0. The minimum Gasteiger partial charge on any atom is -0.488 e. The molecule has 0 heterocycles. The average Bonchev–Trinajstić information content (AvgIpc) is 2.40. The monoisotopic (exact) mass is 368 g/mol. The van der Waals surface area contributed by atoms with Crippen molar-refractivity contribution in [3.8, 4) is 5.75 Å². The Balaban J connectivity index is 2.22. The van der Waals surface area contributed by atoms with Gasteiger partial charge in [0.05, 0.1) is 15.6 Å². The fourth-order valence-corrected chi connectivity index (χ4v) is 3.90. The molecule has 0 aliphatic carbocycles. The molecular weight excluding hydrogens is 350 g/mol. The highest BCUT2D eigenvalue weighted by Crippen LogP contribution is 2.31. The van der Waals surface area contributed by atoms with Gasteiger partial charge in [-0.15, -0.1) is 0 Å². The summed E-state index contributed by atoms with van der Waals surface area (Å²) in [7, 11) is -0.0316. The lowest BCUT2D eigenvalue weighted by Crippen LogP contribution is -2.23. The largest absolute Gasteiger partial charge is 0.488 e. The van der Waals surface area contributed by atoms with Crippen LogP contribution in [-0.2, 0) is 0 Å². The molecule has 5 heteroatoms.